The van der Waals surface area contributed by atoms with Crippen molar-refractivity contribution >= 4 is 28.4 Å². The number of hydrogen-bond donors (Lipinski definition) is 0. The normalized spacial score (nSPS) is 23.1. The number of halogens is 1. The van der Waals surface area contributed by atoms with Crippen molar-refractivity contribution in [3.63, 3.8) is 0 Å². The average molecular weight is 314 g/mol. The number of hydrogen-bond acceptors (Lipinski definition) is 2. The SMILES string of the molecule is Ic1ccc(N2CC3(CCCC3)C2)nc1. The van der Waals surface area contributed by atoms with E-state index in [4.69, 9.17) is 0 Å². The molecule has 1 aliphatic carbocycles. The molecule has 0 atom stereocenters. The summed E-state index contributed by atoms with van der Waals surface area (Å²) in [4.78, 5) is 6.89. The van der Waals surface area contributed by atoms with Gasteiger partial charge < -0.3 is 4.90 Å². The van der Waals surface area contributed by atoms with Crippen molar-refractivity contribution in [3.8, 4) is 0 Å². The van der Waals surface area contributed by atoms with Gasteiger partial charge in [0, 0.05) is 28.3 Å². The van der Waals surface area contributed by atoms with Crippen LogP contribution in [0.3, 0.4) is 0 Å². The third kappa shape index (κ3) is 1.75. The second kappa shape index (κ2) is 3.61. The zero-order valence-corrected chi connectivity index (χ0v) is 10.9. The van der Waals surface area contributed by atoms with Gasteiger partial charge in [-0.1, -0.05) is 12.8 Å². The summed E-state index contributed by atoms with van der Waals surface area (Å²) in [5.41, 5.74) is 0.671. The quantitative estimate of drug-likeness (QED) is 0.741. The Morgan fingerprint density at radius 2 is 1.93 bits per heavy atom. The van der Waals surface area contributed by atoms with E-state index < -0.39 is 0 Å². The number of rotatable bonds is 1. The minimum atomic E-state index is 0.671. The van der Waals surface area contributed by atoms with Gasteiger partial charge in [-0.25, -0.2) is 4.98 Å². The van der Waals surface area contributed by atoms with Gasteiger partial charge in [0.1, 0.15) is 5.82 Å². The summed E-state index contributed by atoms with van der Waals surface area (Å²) in [5.74, 6) is 1.16. The number of aromatic nitrogens is 1. The van der Waals surface area contributed by atoms with Crippen molar-refractivity contribution in [2.75, 3.05) is 18.0 Å². The monoisotopic (exact) mass is 314 g/mol. The highest BCUT2D eigenvalue weighted by Crippen LogP contribution is 2.46. The van der Waals surface area contributed by atoms with Gasteiger partial charge in [0.05, 0.1) is 0 Å². The Labute approximate surface area is 104 Å². The second-order valence-corrected chi connectivity index (χ2v) is 6.14. The van der Waals surface area contributed by atoms with Crippen LogP contribution >= 0.6 is 22.6 Å². The van der Waals surface area contributed by atoms with Crippen LogP contribution in [0, 0.1) is 8.99 Å². The maximum absolute atomic E-state index is 4.47. The summed E-state index contributed by atoms with van der Waals surface area (Å²) in [5, 5.41) is 0. The lowest BCUT2D eigenvalue weighted by Gasteiger charge is -2.49. The molecule has 80 valence electrons. The van der Waals surface area contributed by atoms with Crippen LogP contribution in [0.5, 0.6) is 0 Å². The Balaban J connectivity index is 1.69. The highest BCUT2D eigenvalue weighted by atomic mass is 127. The van der Waals surface area contributed by atoms with Crippen molar-refractivity contribution in [1.82, 2.24) is 4.98 Å². The Hall–Kier alpha value is -0.320. The molecule has 1 aliphatic heterocycles. The van der Waals surface area contributed by atoms with Gasteiger partial charge in [-0.05, 0) is 47.6 Å². The van der Waals surface area contributed by atoms with Crippen LogP contribution in [0.1, 0.15) is 25.7 Å². The minimum absolute atomic E-state index is 0.671. The molecule has 2 heterocycles. The van der Waals surface area contributed by atoms with E-state index in [9.17, 15) is 0 Å². The van der Waals surface area contributed by atoms with E-state index in [-0.39, 0.29) is 0 Å². The minimum Gasteiger partial charge on any atom is -0.355 e. The Bertz CT molecular complexity index is 346. The summed E-state index contributed by atoms with van der Waals surface area (Å²) < 4.78 is 1.22. The molecule has 2 nitrogen and oxygen atoms in total. The largest absolute Gasteiger partial charge is 0.355 e. The Morgan fingerprint density at radius 1 is 1.20 bits per heavy atom. The number of nitrogens with zero attached hydrogens (tertiary/aromatic N) is 2. The highest BCUT2D eigenvalue weighted by molar-refractivity contribution is 14.1. The summed E-state index contributed by atoms with van der Waals surface area (Å²) >= 11 is 2.30. The molecule has 1 saturated carbocycles. The Morgan fingerprint density at radius 3 is 2.53 bits per heavy atom. The van der Waals surface area contributed by atoms with Crippen LogP contribution in [0.15, 0.2) is 18.3 Å². The first kappa shape index (κ1) is 9.87. The fourth-order valence-corrected chi connectivity index (χ4v) is 3.24. The molecule has 2 fully saturated rings. The fourth-order valence-electron chi connectivity index (χ4n) is 2.92. The molecule has 1 spiro atoms. The first-order valence-electron chi connectivity index (χ1n) is 5.64. The van der Waals surface area contributed by atoms with E-state index in [0.717, 1.165) is 5.82 Å². The molecule has 1 aromatic heterocycles. The van der Waals surface area contributed by atoms with Crippen molar-refractivity contribution < 1.29 is 0 Å². The maximum Gasteiger partial charge on any atom is 0.128 e. The lowest BCUT2D eigenvalue weighted by atomic mass is 9.78. The van der Waals surface area contributed by atoms with E-state index in [1.165, 1.54) is 42.3 Å². The number of pyridine rings is 1. The molecule has 0 N–H and O–H groups in total. The van der Waals surface area contributed by atoms with Crippen LogP contribution in [0.4, 0.5) is 5.82 Å². The summed E-state index contributed by atoms with van der Waals surface area (Å²) in [7, 11) is 0. The van der Waals surface area contributed by atoms with Crippen LogP contribution in [0.25, 0.3) is 0 Å². The first-order valence-corrected chi connectivity index (χ1v) is 6.72. The molecule has 1 saturated heterocycles. The molecule has 3 heteroatoms. The first-order chi connectivity index (χ1) is 7.27. The fraction of sp³-hybridized carbons (Fsp3) is 0.583. The van der Waals surface area contributed by atoms with Crippen molar-refractivity contribution in [2.45, 2.75) is 25.7 Å². The summed E-state index contributed by atoms with van der Waals surface area (Å²) in [6.45, 7) is 2.47. The van der Waals surface area contributed by atoms with Crippen LogP contribution in [-0.2, 0) is 0 Å². The van der Waals surface area contributed by atoms with E-state index in [0.29, 0.717) is 5.41 Å². The second-order valence-electron chi connectivity index (χ2n) is 4.90. The van der Waals surface area contributed by atoms with Gasteiger partial charge in [0.2, 0.25) is 0 Å². The molecule has 2 aliphatic rings. The summed E-state index contributed by atoms with van der Waals surface area (Å²) in [6.07, 6.45) is 7.71. The highest BCUT2D eigenvalue weighted by Gasteiger charge is 2.44. The van der Waals surface area contributed by atoms with E-state index in [1.807, 2.05) is 6.20 Å². The molecule has 15 heavy (non-hydrogen) atoms. The zero-order chi connectivity index (χ0) is 10.3. The van der Waals surface area contributed by atoms with Gasteiger partial charge in [-0.2, -0.15) is 0 Å². The molecule has 0 amide bonds. The topological polar surface area (TPSA) is 16.1 Å². The predicted octanol–water partition coefficient (Wildman–Crippen LogP) is 3.07. The summed E-state index contributed by atoms with van der Waals surface area (Å²) in [6, 6.07) is 4.28. The van der Waals surface area contributed by atoms with Gasteiger partial charge in [0.25, 0.3) is 0 Å². The molecule has 0 radical (unpaired) electrons. The molecule has 0 unspecified atom stereocenters. The van der Waals surface area contributed by atoms with E-state index >= 15 is 0 Å². The van der Waals surface area contributed by atoms with Gasteiger partial charge in [0.15, 0.2) is 0 Å². The number of anilines is 1. The van der Waals surface area contributed by atoms with Crippen LogP contribution < -0.4 is 4.90 Å². The standard InChI is InChI=1S/C12H15IN2/c13-10-3-4-11(14-7-10)15-8-12(9-15)5-1-2-6-12/h3-4,7H,1-2,5-6,8-9H2. The predicted molar refractivity (Wildman–Crippen MR) is 70.1 cm³/mol. The third-order valence-corrected chi connectivity index (χ3v) is 4.39. The van der Waals surface area contributed by atoms with Crippen LogP contribution in [-0.4, -0.2) is 18.1 Å². The van der Waals surface area contributed by atoms with Crippen LogP contribution in [0.2, 0.25) is 0 Å². The maximum atomic E-state index is 4.47. The Kier molecular flexibility index (Phi) is 2.38. The molecular weight excluding hydrogens is 299 g/mol. The molecule has 0 bridgehead atoms. The van der Waals surface area contributed by atoms with E-state index in [1.54, 1.807) is 0 Å². The van der Waals surface area contributed by atoms with Crippen molar-refractivity contribution in [3.05, 3.63) is 21.9 Å². The van der Waals surface area contributed by atoms with Crippen molar-refractivity contribution in [2.24, 2.45) is 5.41 Å². The lowest BCUT2D eigenvalue weighted by molar-refractivity contribution is 0.220. The lowest BCUT2D eigenvalue weighted by Crippen LogP contribution is -2.55. The zero-order valence-electron chi connectivity index (χ0n) is 8.75. The molecular formula is C12H15IN2. The van der Waals surface area contributed by atoms with Gasteiger partial charge >= 0.3 is 0 Å². The molecule has 3 rings (SSSR count). The third-order valence-electron chi connectivity index (χ3n) is 3.75. The van der Waals surface area contributed by atoms with Crippen molar-refractivity contribution in [1.29, 1.82) is 0 Å². The van der Waals surface area contributed by atoms with Gasteiger partial charge in [-0.3, -0.25) is 0 Å². The molecule has 1 aromatic rings. The smallest absolute Gasteiger partial charge is 0.128 e. The molecule has 0 aromatic carbocycles. The van der Waals surface area contributed by atoms with E-state index in [2.05, 4.69) is 44.6 Å². The average Bonchev–Trinajstić information content (AvgIpc) is 2.66. The van der Waals surface area contributed by atoms with Gasteiger partial charge in [-0.15, -0.1) is 0 Å².